The second kappa shape index (κ2) is 7.48. The van der Waals surface area contributed by atoms with Crippen LogP contribution in [0.15, 0.2) is 41.3 Å². The summed E-state index contributed by atoms with van der Waals surface area (Å²) in [5.41, 5.74) is 2.16. The molecule has 150 valence electrons. The summed E-state index contributed by atoms with van der Waals surface area (Å²) >= 11 is 0.894. The molecular weight excluding hydrogens is 390 g/mol. The Morgan fingerprint density at radius 3 is 2.69 bits per heavy atom. The van der Waals surface area contributed by atoms with Crippen molar-refractivity contribution >= 4 is 29.0 Å². The maximum Gasteiger partial charge on any atom is 0.290 e. The van der Waals surface area contributed by atoms with Gasteiger partial charge < -0.3 is 14.6 Å². The van der Waals surface area contributed by atoms with Crippen LogP contribution in [0.3, 0.4) is 0 Å². The van der Waals surface area contributed by atoms with Crippen LogP contribution >= 0.6 is 11.8 Å². The molecule has 0 radical (unpaired) electrons. The number of carbonyl (C=O) groups excluding carboxylic acids is 2. The topological polar surface area (TPSA) is 84.9 Å². The summed E-state index contributed by atoms with van der Waals surface area (Å²) < 4.78 is 12.2. The monoisotopic (exact) mass is 411 g/mol. The highest BCUT2D eigenvalue weighted by atomic mass is 32.2. The maximum atomic E-state index is 11.6. The van der Waals surface area contributed by atoms with Crippen molar-refractivity contribution in [2.75, 3.05) is 6.61 Å². The second-order valence-corrected chi connectivity index (χ2v) is 8.47. The van der Waals surface area contributed by atoms with Crippen molar-refractivity contribution in [1.29, 1.82) is 0 Å². The van der Waals surface area contributed by atoms with Crippen molar-refractivity contribution < 1.29 is 24.2 Å². The number of carbonyl (C=O) groups is 2. The van der Waals surface area contributed by atoms with Gasteiger partial charge in [0.15, 0.2) is 0 Å². The van der Waals surface area contributed by atoms with Crippen molar-refractivity contribution in [2.24, 2.45) is 0 Å². The molecule has 2 aliphatic heterocycles. The van der Waals surface area contributed by atoms with Gasteiger partial charge >= 0.3 is 0 Å². The summed E-state index contributed by atoms with van der Waals surface area (Å²) in [5.74, 6) is 1.29. The Bertz CT molecular complexity index is 1010. The first kappa shape index (κ1) is 19.4. The average Bonchev–Trinajstić information content (AvgIpc) is 3.01. The molecule has 2 aliphatic rings. The fourth-order valence-corrected chi connectivity index (χ4v) is 4.03. The van der Waals surface area contributed by atoms with E-state index in [1.807, 2.05) is 44.2 Å². The van der Waals surface area contributed by atoms with Crippen LogP contribution in [-0.2, 0) is 11.2 Å². The summed E-state index contributed by atoms with van der Waals surface area (Å²) in [7, 11) is 0. The maximum absolute atomic E-state index is 11.6. The number of aromatic hydroxyl groups is 1. The molecule has 2 aromatic carbocycles. The van der Waals surface area contributed by atoms with Gasteiger partial charge in [-0.1, -0.05) is 18.2 Å². The molecule has 29 heavy (non-hydrogen) atoms. The molecule has 0 spiro atoms. The largest absolute Gasteiger partial charge is 0.508 e. The van der Waals surface area contributed by atoms with E-state index in [0.29, 0.717) is 17.3 Å². The Morgan fingerprint density at radius 2 is 2.00 bits per heavy atom. The lowest BCUT2D eigenvalue weighted by Crippen LogP contribution is -2.42. The van der Waals surface area contributed by atoms with Gasteiger partial charge in [-0.25, -0.2) is 0 Å². The van der Waals surface area contributed by atoms with Gasteiger partial charge in [0, 0.05) is 5.56 Å². The Hall–Kier alpha value is -2.93. The highest BCUT2D eigenvalue weighted by molar-refractivity contribution is 8.18. The molecule has 1 unspecified atom stereocenters. The van der Waals surface area contributed by atoms with E-state index in [4.69, 9.17) is 9.47 Å². The Balaban J connectivity index is 1.41. The van der Waals surface area contributed by atoms with Crippen LogP contribution in [0.25, 0.3) is 6.08 Å². The molecule has 6 nitrogen and oxygen atoms in total. The molecule has 4 rings (SSSR count). The van der Waals surface area contributed by atoms with Gasteiger partial charge in [-0.15, -0.1) is 0 Å². The van der Waals surface area contributed by atoms with Crippen molar-refractivity contribution in [3.8, 4) is 17.2 Å². The third-order valence-corrected chi connectivity index (χ3v) is 5.91. The summed E-state index contributed by atoms with van der Waals surface area (Å²) in [6.45, 7) is 4.23. The standard InChI is InChI=1S/C22H21NO5S/c1-13-17(24)8-5-15-9-10-22(2,28-19(13)15)12-27-16-6-3-14(4-7-16)11-18-20(25)23-21(26)29-18/h3-8,11,24H,9-10,12H2,1-2H3,(H,23,25,26). The molecule has 0 aliphatic carbocycles. The zero-order valence-corrected chi connectivity index (χ0v) is 17.0. The van der Waals surface area contributed by atoms with Crippen molar-refractivity contribution in [2.45, 2.75) is 32.3 Å². The lowest BCUT2D eigenvalue weighted by Gasteiger charge is -2.36. The smallest absolute Gasteiger partial charge is 0.290 e. The van der Waals surface area contributed by atoms with Crippen LogP contribution in [0.5, 0.6) is 17.2 Å². The van der Waals surface area contributed by atoms with E-state index < -0.39 is 5.60 Å². The number of ether oxygens (including phenoxy) is 2. The minimum Gasteiger partial charge on any atom is -0.508 e. The lowest BCUT2D eigenvalue weighted by atomic mass is 9.92. The fourth-order valence-electron chi connectivity index (χ4n) is 3.34. The molecule has 0 saturated carbocycles. The van der Waals surface area contributed by atoms with E-state index in [1.165, 1.54) is 0 Å². The van der Waals surface area contributed by atoms with E-state index in [0.717, 1.165) is 47.0 Å². The Morgan fingerprint density at radius 1 is 1.24 bits per heavy atom. The van der Waals surface area contributed by atoms with E-state index in [2.05, 4.69) is 5.32 Å². The number of hydrogen-bond acceptors (Lipinski definition) is 6. The molecule has 0 bridgehead atoms. The predicted molar refractivity (Wildman–Crippen MR) is 111 cm³/mol. The van der Waals surface area contributed by atoms with Gasteiger partial charge in [0.25, 0.3) is 11.1 Å². The average molecular weight is 411 g/mol. The molecule has 2 N–H and O–H groups in total. The van der Waals surface area contributed by atoms with Gasteiger partial charge in [0.2, 0.25) is 0 Å². The van der Waals surface area contributed by atoms with Crippen LogP contribution in [0, 0.1) is 6.92 Å². The fraction of sp³-hybridized carbons (Fsp3) is 0.273. The number of phenols is 1. The number of thioether (sulfide) groups is 1. The summed E-state index contributed by atoms with van der Waals surface area (Å²) in [6.07, 6.45) is 3.35. The molecule has 1 saturated heterocycles. The highest BCUT2D eigenvalue weighted by Gasteiger charge is 2.34. The molecule has 7 heteroatoms. The van der Waals surface area contributed by atoms with Crippen LogP contribution in [0.4, 0.5) is 4.79 Å². The third-order valence-electron chi connectivity index (χ3n) is 5.09. The van der Waals surface area contributed by atoms with E-state index in [-0.39, 0.29) is 16.9 Å². The van der Waals surface area contributed by atoms with Gasteiger partial charge in [-0.05, 0) is 73.9 Å². The van der Waals surface area contributed by atoms with Crippen LogP contribution < -0.4 is 14.8 Å². The van der Waals surface area contributed by atoms with Crippen LogP contribution in [-0.4, -0.2) is 28.5 Å². The van der Waals surface area contributed by atoms with Crippen molar-refractivity contribution in [3.05, 3.63) is 58.0 Å². The van der Waals surface area contributed by atoms with Gasteiger partial charge in [-0.3, -0.25) is 14.9 Å². The molecule has 0 aromatic heterocycles. The summed E-state index contributed by atoms with van der Waals surface area (Å²) in [6, 6.07) is 10.9. The summed E-state index contributed by atoms with van der Waals surface area (Å²) in [4.78, 5) is 23.2. The van der Waals surface area contributed by atoms with Crippen LogP contribution in [0.2, 0.25) is 0 Å². The number of rotatable bonds is 4. The van der Waals surface area contributed by atoms with Crippen LogP contribution in [0.1, 0.15) is 30.0 Å². The summed E-state index contributed by atoms with van der Waals surface area (Å²) in [5, 5.41) is 11.8. The SMILES string of the molecule is Cc1c(O)ccc2c1OC(C)(COc1ccc(C=C3SC(=O)NC3=O)cc1)CC2. The minimum absolute atomic E-state index is 0.231. The third kappa shape index (κ3) is 4.10. The quantitative estimate of drug-likeness (QED) is 0.734. The number of nitrogens with one attached hydrogen (secondary N) is 1. The number of aryl methyl sites for hydroxylation is 1. The predicted octanol–water partition coefficient (Wildman–Crippen LogP) is 4.19. The molecule has 1 atom stereocenters. The molecular formula is C22H21NO5S. The normalized spacial score (nSPS) is 22.2. The van der Waals surface area contributed by atoms with E-state index >= 15 is 0 Å². The number of imide groups is 1. The van der Waals surface area contributed by atoms with Gasteiger partial charge in [-0.2, -0.15) is 0 Å². The van der Waals surface area contributed by atoms with E-state index in [1.54, 1.807) is 12.1 Å². The highest BCUT2D eigenvalue weighted by Crippen LogP contribution is 2.39. The zero-order chi connectivity index (χ0) is 20.6. The first-order valence-electron chi connectivity index (χ1n) is 9.31. The Kier molecular flexibility index (Phi) is 5.00. The molecule has 2 amide bonds. The molecule has 2 aromatic rings. The number of phenolic OH excluding ortho intramolecular Hbond substituents is 1. The number of fused-ring (bicyclic) bond motifs is 1. The number of amides is 2. The number of benzene rings is 2. The minimum atomic E-state index is -0.495. The molecule has 1 fully saturated rings. The zero-order valence-electron chi connectivity index (χ0n) is 16.2. The van der Waals surface area contributed by atoms with Gasteiger partial charge in [0.05, 0.1) is 4.91 Å². The second-order valence-electron chi connectivity index (χ2n) is 7.46. The first-order chi connectivity index (χ1) is 13.8. The Labute approximate surface area is 172 Å². The first-order valence-corrected chi connectivity index (χ1v) is 10.1. The molecule has 2 heterocycles. The number of hydrogen-bond donors (Lipinski definition) is 2. The van der Waals surface area contributed by atoms with E-state index in [9.17, 15) is 14.7 Å². The van der Waals surface area contributed by atoms with Crippen molar-refractivity contribution in [3.63, 3.8) is 0 Å². The lowest BCUT2D eigenvalue weighted by molar-refractivity contribution is -0.115. The van der Waals surface area contributed by atoms with Gasteiger partial charge in [0.1, 0.15) is 29.5 Å². The van der Waals surface area contributed by atoms with Crippen molar-refractivity contribution in [1.82, 2.24) is 5.32 Å².